The van der Waals surface area contributed by atoms with Crippen molar-refractivity contribution in [2.75, 3.05) is 0 Å². The largest absolute Gasteiger partial charge is 0.478 e. The third-order valence-corrected chi connectivity index (χ3v) is 5.18. The van der Waals surface area contributed by atoms with Crippen LogP contribution in [0.3, 0.4) is 0 Å². The van der Waals surface area contributed by atoms with Crippen molar-refractivity contribution in [1.82, 2.24) is 4.98 Å². The summed E-state index contributed by atoms with van der Waals surface area (Å²) in [5, 5.41) is 10.6. The van der Waals surface area contributed by atoms with Gasteiger partial charge in [0.15, 0.2) is 0 Å². The molecular formula is C22H15NO2S. The first-order valence-electron chi connectivity index (χ1n) is 8.18. The summed E-state index contributed by atoms with van der Waals surface area (Å²) >= 11 is 1.44. The SMILES string of the molecule is O=C(O)c1c(Sc2ccccc2)c(-c2ccccc2)nc2ccccc12. The Balaban J connectivity index is 2.04. The Bertz CT molecular complexity index is 1080. The lowest BCUT2D eigenvalue weighted by atomic mass is 10.0. The van der Waals surface area contributed by atoms with Gasteiger partial charge in [0.25, 0.3) is 0 Å². The minimum absolute atomic E-state index is 0.295. The summed E-state index contributed by atoms with van der Waals surface area (Å²) in [6, 6.07) is 26.9. The minimum atomic E-state index is -0.945. The van der Waals surface area contributed by atoms with Gasteiger partial charge in [-0.2, -0.15) is 0 Å². The first-order valence-corrected chi connectivity index (χ1v) is 9.00. The van der Waals surface area contributed by atoms with Gasteiger partial charge >= 0.3 is 5.97 Å². The van der Waals surface area contributed by atoms with E-state index in [0.29, 0.717) is 27.1 Å². The molecule has 1 aromatic heterocycles. The molecule has 0 saturated carbocycles. The molecule has 0 aliphatic heterocycles. The maximum absolute atomic E-state index is 12.2. The van der Waals surface area contributed by atoms with E-state index in [-0.39, 0.29) is 0 Å². The minimum Gasteiger partial charge on any atom is -0.478 e. The third kappa shape index (κ3) is 3.07. The van der Waals surface area contributed by atoms with Crippen LogP contribution in [0.4, 0.5) is 0 Å². The molecule has 1 N–H and O–H groups in total. The van der Waals surface area contributed by atoms with Crippen LogP contribution in [-0.2, 0) is 0 Å². The molecule has 4 heteroatoms. The highest BCUT2D eigenvalue weighted by Crippen LogP contribution is 2.40. The van der Waals surface area contributed by atoms with Gasteiger partial charge in [0.05, 0.1) is 21.7 Å². The van der Waals surface area contributed by atoms with E-state index in [1.165, 1.54) is 11.8 Å². The first kappa shape index (κ1) is 16.4. The van der Waals surface area contributed by atoms with Crippen LogP contribution in [-0.4, -0.2) is 16.1 Å². The van der Waals surface area contributed by atoms with Gasteiger partial charge in [0.1, 0.15) is 0 Å². The molecule has 0 radical (unpaired) electrons. The second-order valence-corrected chi connectivity index (χ2v) is 6.85. The van der Waals surface area contributed by atoms with E-state index in [2.05, 4.69) is 0 Å². The topological polar surface area (TPSA) is 50.2 Å². The normalized spacial score (nSPS) is 10.8. The molecular weight excluding hydrogens is 342 g/mol. The Morgan fingerprint density at radius 3 is 2.12 bits per heavy atom. The summed E-state index contributed by atoms with van der Waals surface area (Å²) in [5.41, 5.74) is 2.57. The van der Waals surface area contributed by atoms with E-state index < -0.39 is 5.97 Å². The zero-order valence-corrected chi connectivity index (χ0v) is 14.6. The van der Waals surface area contributed by atoms with Gasteiger partial charge in [-0.05, 0) is 18.2 Å². The summed E-state index contributed by atoms with van der Waals surface area (Å²) in [7, 11) is 0. The van der Waals surface area contributed by atoms with Gasteiger partial charge in [0.2, 0.25) is 0 Å². The molecule has 3 nitrogen and oxygen atoms in total. The van der Waals surface area contributed by atoms with Crippen LogP contribution in [0.25, 0.3) is 22.2 Å². The highest BCUT2D eigenvalue weighted by atomic mass is 32.2. The Labute approximate surface area is 155 Å². The monoisotopic (exact) mass is 357 g/mol. The number of para-hydroxylation sites is 1. The van der Waals surface area contributed by atoms with Gasteiger partial charge in [0, 0.05) is 15.8 Å². The van der Waals surface area contributed by atoms with Crippen molar-refractivity contribution in [3.63, 3.8) is 0 Å². The molecule has 0 unspecified atom stereocenters. The molecule has 126 valence electrons. The molecule has 0 saturated heterocycles. The quantitative estimate of drug-likeness (QED) is 0.505. The number of aromatic nitrogens is 1. The average molecular weight is 357 g/mol. The van der Waals surface area contributed by atoms with E-state index in [0.717, 1.165) is 10.5 Å². The summed E-state index contributed by atoms with van der Waals surface area (Å²) in [4.78, 5) is 18.6. The maximum atomic E-state index is 12.2. The highest BCUT2D eigenvalue weighted by Gasteiger charge is 2.22. The standard InChI is InChI=1S/C22H15NO2S/c24-22(25)19-17-13-7-8-14-18(17)23-20(15-9-3-1-4-10-15)21(19)26-16-11-5-2-6-12-16/h1-14H,(H,24,25). The molecule has 0 fully saturated rings. The molecule has 0 aliphatic carbocycles. The number of carboxylic acid groups (broad SMARTS) is 1. The van der Waals surface area contributed by atoms with Crippen LogP contribution in [0.15, 0.2) is 94.7 Å². The smallest absolute Gasteiger partial charge is 0.337 e. The lowest BCUT2D eigenvalue weighted by Gasteiger charge is -2.15. The molecule has 3 aromatic carbocycles. The molecule has 0 bridgehead atoms. The number of benzene rings is 3. The van der Waals surface area contributed by atoms with Crippen molar-refractivity contribution in [3.05, 3.63) is 90.5 Å². The Kier molecular flexibility index (Phi) is 4.42. The number of carboxylic acids is 1. The van der Waals surface area contributed by atoms with Crippen LogP contribution < -0.4 is 0 Å². The zero-order valence-electron chi connectivity index (χ0n) is 13.8. The summed E-state index contributed by atoms with van der Waals surface area (Å²) in [6.07, 6.45) is 0. The Morgan fingerprint density at radius 1 is 0.808 bits per heavy atom. The van der Waals surface area contributed by atoms with Gasteiger partial charge in [-0.15, -0.1) is 0 Å². The van der Waals surface area contributed by atoms with E-state index in [4.69, 9.17) is 4.98 Å². The van der Waals surface area contributed by atoms with Crippen LogP contribution in [0.1, 0.15) is 10.4 Å². The van der Waals surface area contributed by atoms with Crippen molar-refractivity contribution < 1.29 is 9.90 Å². The van der Waals surface area contributed by atoms with Crippen molar-refractivity contribution >= 4 is 28.6 Å². The fraction of sp³-hybridized carbons (Fsp3) is 0. The number of nitrogens with zero attached hydrogens (tertiary/aromatic N) is 1. The van der Waals surface area contributed by atoms with Crippen molar-refractivity contribution in [2.45, 2.75) is 9.79 Å². The van der Waals surface area contributed by atoms with Crippen molar-refractivity contribution in [3.8, 4) is 11.3 Å². The fourth-order valence-corrected chi connectivity index (χ4v) is 3.99. The third-order valence-electron chi connectivity index (χ3n) is 4.07. The summed E-state index contributed by atoms with van der Waals surface area (Å²) in [6.45, 7) is 0. The Hall–Kier alpha value is -3.11. The van der Waals surface area contributed by atoms with Gasteiger partial charge < -0.3 is 5.11 Å². The van der Waals surface area contributed by atoms with Crippen LogP contribution in [0.2, 0.25) is 0 Å². The van der Waals surface area contributed by atoms with Crippen LogP contribution >= 0.6 is 11.8 Å². The highest BCUT2D eigenvalue weighted by molar-refractivity contribution is 7.99. The predicted octanol–water partition coefficient (Wildman–Crippen LogP) is 5.75. The molecule has 26 heavy (non-hydrogen) atoms. The number of fused-ring (bicyclic) bond motifs is 1. The molecule has 0 amide bonds. The van der Waals surface area contributed by atoms with E-state index in [9.17, 15) is 9.90 Å². The molecule has 0 aliphatic rings. The lowest BCUT2D eigenvalue weighted by molar-refractivity contribution is 0.0695. The number of aromatic carboxylic acids is 1. The number of pyridine rings is 1. The number of rotatable bonds is 4. The molecule has 4 rings (SSSR count). The zero-order chi connectivity index (χ0) is 17.9. The van der Waals surface area contributed by atoms with Crippen LogP contribution in [0, 0.1) is 0 Å². The van der Waals surface area contributed by atoms with Gasteiger partial charge in [-0.3, -0.25) is 0 Å². The van der Waals surface area contributed by atoms with Crippen molar-refractivity contribution in [2.24, 2.45) is 0 Å². The molecule has 4 aromatic rings. The average Bonchev–Trinajstić information content (AvgIpc) is 2.68. The van der Waals surface area contributed by atoms with Gasteiger partial charge in [-0.1, -0.05) is 78.5 Å². The predicted molar refractivity (Wildman–Crippen MR) is 105 cm³/mol. The number of hydrogen-bond acceptors (Lipinski definition) is 3. The number of carbonyl (C=O) groups is 1. The molecule has 0 atom stereocenters. The molecule has 1 heterocycles. The van der Waals surface area contributed by atoms with Crippen LogP contribution in [0.5, 0.6) is 0 Å². The number of hydrogen-bond donors (Lipinski definition) is 1. The fourth-order valence-electron chi connectivity index (χ4n) is 2.90. The summed E-state index contributed by atoms with van der Waals surface area (Å²) < 4.78 is 0. The molecule has 0 spiro atoms. The van der Waals surface area contributed by atoms with Gasteiger partial charge in [-0.25, -0.2) is 9.78 Å². The van der Waals surface area contributed by atoms with E-state index in [1.54, 1.807) is 0 Å². The van der Waals surface area contributed by atoms with Crippen molar-refractivity contribution in [1.29, 1.82) is 0 Å². The lowest BCUT2D eigenvalue weighted by Crippen LogP contribution is -2.04. The second-order valence-electron chi connectivity index (χ2n) is 5.77. The van der Waals surface area contributed by atoms with E-state index in [1.807, 2.05) is 84.9 Å². The van der Waals surface area contributed by atoms with E-state index >= 15 is 0 Å². The second kappa shape index (κ2) is 7.02. The maximum Gasteiger partial charge on any atom is 0.337 e. The Morgan fingerprint density at radius 2 is 1.42 bits per heavy atom. The summed E-state index contributed by atoms with van der Waals surface area (Å²) in [5.74, 6) is -0.945. The first-order chi connectivity index (χ1) is 12.7.